The first-order valence-electron chi connectivity index (χ1n) is 9.21. The molecule has 0 aromatic carbocycles. The van der Waals surface area contributed by atoms with Crippen molar-refractivity contribution in [2.75, 3.05) is 72.1 Å². The van der Waals surface area contributed by atoms with E-state index < -0.39 is 6.29 Å². The van der Waals surface area contributed by atoms with Gasteiger partial charge in [0.25, 0.3) is 0 Å². The van der Waals surface area contributed by atoms with Gasteiger partial charge in [0.2, 0.25) is 11.8 Å². The third-order valence-electron chi connectivity index (χ3n) is 4.98. The van der Waals surface area contributed by atoms with Crippen LogP contribution >= 0.6 is 0 Å². The minimum Gasteiger partial charge on any atom is -0.367 e. The van der Waals surface area contributed by atoms with Crippen LogP contribution in [0.1, 0.15) is 20.3 Å². The molecule has 0 spiro atoms. The number of ether oxygens (including phenoxy) is 1. The second-order valence-corrected chi connectivity index (χ2v) is 6.83. The van der Waals surface area contributed by atoms with Gasteiger partial charge in [0.05, 0.1) is 6.61 Å². The van der Waals surface area contributed by atoms with Gasteiger partial charge in [-0.25, -0.2) is 0 Å². The maximum atomic E-state index is 11.3. The molecule has 1 N–H and O–H groups in total. The van der Waals surface area contributed by atoms with Crippen LogP contribution in [0.2, 0.25) is 0 Å². The molecular weight excluding hydrogens is 324 g/mol. The average Bonchev–Trinajstić information content (AvgIpc) is 2.59. The molecule has 1 unspecified atom stereocenters. The average molecular weight is 356 g/mol. The number of piperazine rings is 2. The first-order valence-corrected chi connectivity index (χ1v) is 9.21. The molecule has 0 bridgehead atoms. The van der Waals surface area contributed by atoms with E-state index in [9.17, 15) is 14.7 Å². The number of β-amino-alcohol motifs (C(OH)–C–C–N with tert-alkyl or cyclic N) is 1. The van der Waals surface area contributed by atoms with E-state index in [2.05, 4.69) is 9.80 Å². The molecular formula is C17H32N4O4. The molecule has 0 saturated carbocycles. The molecule has 2 heterocycles. The lowest BCUT2D eigenvalue weighted by Gasteiger charge is -2.35. The van der Waals surface area contributed by atoms with Gasteiger partial charge in [0.1, 0.15) is 0 Å². The fraction of sp³-hybridized carbons (Fsp3) is 0.882. The standard InChI is InChI=1S/C17H32N4O4/c1-15(22)20-9-5-18(6-10-20)4-3-13-25-17(24)14-19-7-11-21(12-8-19)16(2)23/h17,24H,3-14H2,1-2H3. The predicted octanol–water partition coefficient (Wildman–Crippen LogP) is -0.960. The van der Waals surface area contributed by atoms with E-state index >= 15 is 0 Å². The Morgan fingerprint density at radius 2 is 1.36 bits per heavy atom. The quantitative estimate of drug-likeness (QED) is 0.468. The molecule has 2 aliphatic heterocycles. The Morgan fingerprint density at radius 3 is 1.84 bits per heavy atom. The number of carbonyl (C=O) groups is 2. The summed E-state index contributed by atoms with van der Waals surface area (Å²) in [6, 6.07) is 0. The normalized spacial score (nSPS) is 21.4. The Bertz CT molecular complexity index is 432. The van der Waals surface area contributed by atoms with Gasteiger partial charge in [-0.2, -0.15) is 0 Å². The van der Waals surface area contributed by atoms with Crippen molar-refractivity contribution >= 4 is 11.8 Å². The number of carbonyl (C=O) groups excluding carboxylic acids is 2. The number of aliphatic hydroxyl groups is 1. The second-order valence-electron chi connectivity index (χ2n) is 6.83. The van der Waals surface area contributed by atoms with Crippen molar-refractivity contribution in [3.05, 3.63) is 0 Å². The van der Waals surface area contributed by atoms with Crippen LogP contribution in [0.5, 0.6) is 0 Å². The summed E-state index contributed by atoms with van der Waals surface area (Å²) >= 11 is 0. The fourth-order valence-electron chi connectivity index (χ4n) is 3.31. The van der Waals surface area contributed by atoms with Crippen molar-refractivity contribution in [2.24, 2.45) is 0 Å². The molecule has 0 aromatic rings. The fourth-order valence-corrected chi connectivity index (χ4v) is 3.31. The molecule has 0 aromatic heterocycles. The second kappa shape index (κ2) is 10.1. The lowest BCUT2D eigenvalue weighted by atomic mass is 10.3. The van der Waals surface area contributed by atoms with Gasteiger partial charge < -0.3 is 19.6 Å². The largest absolute Gasteiger partial charge is 0.367 e. The van der Waals surface area contributed by atoms with Gasteiger partial charge in [0, 0.05) is 79.3 Å². The minimum atomic E-state index is -0.779. The first kappa shape index (κ1) is 20.1. The van der Waals surface area contributed by atoms with Gasteiger partial charge in [-0.1, -0.05) is 0 Å². The number of amides is 2. The van der Waals surface area contributed by atoms with Gasteiger partial charge in [-0.15, -0.1) is 0 Å². The highest BCUT2D eigenvalue weighted by molar-refractivity contribution is 5.73. The van der Waals surface area contributed by atoms with Crippen molar-refractivity contribution in [2.45, 2.75) is 26.6 Å². The van der Waals surface area contributed by atoms with E-state index in [1.54, 1.807) is 13.8 Å². The topological polar surface area (TPSA) is 76.6 Å². The predicted molar refractivity (Wildman–Crippen MR) is 94.0 cm³/mol. The molecule has 2 fully saturated rings. The molecule has 2 aliphatic rings. The smallest absolute Gasteiger partial charge is 0.219 e. The Balaban J connectivity index is 1.51. The van der Waals surface area contributed by atoms with Crippen molar-refractivity contribution in [1.29, 1.82) is 0 Å². The Kier molecular flexibility index (Phi) is 8.08. The van der Waals surface area contributed by atoms with Gasteiger partial charge >= 0.3 is 0 Å². The summed E-state index contributed by atoms with van der Waals surface area (Å²) in [5.74, 6) is 0.260. The van der Waals surface area contributed by atoms with Gasteiger partial charge in [-0.05, 0) is 6.42 Å². The lowest BCUT2D eigenvalue weighted by Crippen LogP contribution is -2.50. The summed E-state index contributed by atoms with van der Waals surface area (Å²) in [6.45, 7) is 11.5. The van der Waals surface area contributed by atoms with Crippen LogP contribution in [0.25, 0.3) is 0 Å². The SMILES string of the molecule is CC(=O)N1CCN(CCCOC(O)CN2CCN(C(C)=O)CC2)CC1. The zero-order valence-corrected chi connectivity index (χ0v) is 15.5. The van der Waals surface area contributed by atoms with E-state index in [1.807, 2.05) is 9.80 Å². The number of rotatable bonds is 7. The molecule has 0 aliphatic carbocycles. The highest BCUT2D eigenvalue weighted by Gasteiger charge is 2.21. The van der Waals surface area contributed by atoms with Crippen LogP contribution in [0.3, 0.4) is 0 Å². The molecule has 0 radical (unpaired) electrons. The molecule has 25 heavy (non-hydrogen) atoms. The summed E-state index contributed by atoms with van der Waals surface area (Å²) in [7, 11) is 0. The van der Waals surface area contributed by atoms with Gasteiger partial charge in [0.15, 0.2) is 6.29 Å². The van der Waals surface area contributed by atoms with Crippen molar-refractivity contribution in [3.8, 4) is 0 Å². The van der Waals surface area contributed by atoms with Crippen LogP contribution in [-0.2, 0) is 14.3 Å². The first-order chi connectivity index (χ1) is 12.0. The van der Waals surface area contributed by atoms with E-state index in [-0.39, 0.29) is 11.8 Å². The van der Waals surface area contributed by atoms with Gasteiger partial charge in [-0.3, -0.25) is 19.4 Å². The maximum absolute atomic E-state index is 11.3. The minimum absolute atomic E-state index is 0.112. The van der Waals surface area contributed by atoms with E-state index in [0.717, 1.165) is 52.2 Å². The van der Waals surface area contributed by atoms with Crippen LogP contribution in [0.4, 0.5) is 0 Å². The summed E-state index contributed by atoms with van der Waals surface area (Å²) in [5.41, 5.74) is 0. The van der Waals surface area contributed by atoms with Crippen LogP contribution < -0.4 is 0 Å². The molecule has 2 rings (SSSR count). The molecule has 1 atom stereocenters. The summed E-state index contributed by atoms with van der Waals surface area (Å²) in [4.78, 5) is 30.8. The molecule has 8 heteroatoms. The summed E-state index contributed by atoms with van der Waals surface area (Å²) < 4.78 is 5.51. The van der Waals surface area contributed by atoms with Crippen molar-refractivity contribution < 1.29 is 19.4 Å². The number of hydrogen-bond acceptors (Lipinski definition) is 6. The van der Waals surface area contributed by atoms with Crippen LogP contribution in [0, 0.1) is 0 Å². The zero-order chi connectivity index (χ0) is 18.2. The Hall–Kier alpha value is -1.22. The van der Waals surface area contributed by atoms with E-state index in [4.69, 9.17) is 4.74 Å². The summed E-state index contributed by atoms with van der Waals surface area (Å²) in [6.07, 6.45) is 0.0911. The van der Waals surface area contributed by atoms with Crippen LogP contribution in [-0.4, -0.2) is 115 Å². The number of nitrogens with zero attached hydrogens (tertiary/aromatic N) is 4. The number of aliphatic hydroxyl groups excluding tert-OH is 1. The lowest BCUT2D eigenvalue weighted by molar-refractivity contribution is -0.134. The van der Waals surface area contributed by atoms with Crippen molar-refractivity contribution in [3.63, 3.8) is 0 Å². The van der Waals surface area contributed by atoms with E-state index in [1.165, 1.54) is 0 Å². The Labute approximate surface area is 150 Å². The van der Waals surface area contributed by atoms with Crippen molar-refractivity contribution in [1.82, 2.24) is 19.6 Å². The highest BCUT2D eigenvalue weighted by Crippen LogP contribution is 2.05. The van der Waals surface area contributed by atoms with Crippen LogP contribution in [0.15, 0.2) is 0 Å². The van der Waals surface area contributed by atoms with E-state index in [0.29, 0.717) is 26.2 Å². The molecule has 8 nitrogen and oxygen atoms in total. The highest BCUT2D eigenvalue weighted by atomic mass is 16.6. The molecule has 2 amide bonds. The molecule has 2 saturated heterocycles. The zero-order valence-electron chi connectivity index (χ0n) is 15.5. The Morgan fingerprint density at radius 1 is 0.880 bits per heavy atom. The molecule has 144 valence electrons. The maximum Gasteiger partial charge on any atom is 0.219 e. The summed E-state index contributed by atoms with van der Waals surface area (Å²) in [5, 5.41) is 10.0. The monoisotopic (exact) mass is 356 g/mol. The number of hydrogen-bond donors (Lipinski definition) is 1. The third kappa shape index (κ3) is 6.89. The third-order valence-corrected chi connectivity index (χ3v) is 4.98.